The number of aryl methyl sites for hydroxylation is 2. The standard InChI is InChI=1S/C38H30N4/c1-3-41-34-16-10-8-14-28(34)30-22-26(18-20-36(30)41)32-24-33(40-38(39-32)25-12-6-5-7-13-25)27-19-21-37-31(23-27)29-15-9-11-17-35(29)42(37)4-2/h5-24H,3-4H2,1-2H3. The highest BCUT2D eigenvalue weighted by atomic mass is 15.0. The number of fused-ring (bicyclic) bond motifs is 6. The van der Waals surface area contributed by atoms with Crippen LogP contribution in [0.15, 0.2) is 121 Å². The molecule has 42 heavy (non-hydrogen) atoms. The number of aromatic nitrogens is 4. The van der Waals surface area contributed by atoms with E-state index in [1.165, 1.54) is 43.6 Å². The molecule has 0 aliphatic rings. The number of para-hydroxylation sites is 2. The molecular weight excluding hydrogens is 512 g/mol. The topological polar surface area (TPSA) is 35.6 Å². The van der Waals surface area contributed by atoms with E-state index in [-0.39, 0.29) is 0 Å². The lowest BCUT2D eigenvalue weighted by molar-refractivity contribution is 0.827. The largest absolute Gasteiger partial charge is 0.341 e. The smallest absolute Gasteiger partial charge is 0.160 e. The molecule has 0 radical (unpaired) electrons. The average molecular weight is 543 g/mol. The van der Waals surface area contributed by atoms with E-state index in [4.69, 9.17) is 9.97 Å². The summed E-state index contributed by atoms with van der Waals surface area (Å²) >= 11 is 0. The van der Waals surface area contributed by atoms with E-state index in [1.807, 2.05) is 18.2 Å². The first-order valence-electron chi connectivity index (χ1n) is 14.7. The van der Waals surface area contributed by atoms with Crippen LogP contribution in [-0.2, 0) is 13.1 Å². The quantitative estimate of drug-likeness (QED) is 0.217. The van der Waals surface area contributed by atoms with Crippen LogP contribution in [0.1, 0.15) is 13.8 Å². The van der Waals surface area contributed by atoms with Crippen molar-refractivity contribution >= 4 is 43.6 Å². The van der Waals surface area contributed by atoms with Gasteiger partial charge in [-0.1, -0.05) is 78.9 Å². The molecule has 0 bridgehead atoms. The number of nitrogens with zero attached hydrogens (tertiary/aromatic N) is 4. The lowest BCUT2D eigenvalue weighted by atomic mass is 10.0. The zero-order valence-corrected chi connectivity index (χ0v) is 23.8. The van der Waals surface area contributed by atoms with Crippen molar-refractivity contribution in [2.24, 2.45) is 0 Å². The molecule has 4 nitrogen and oxygen atoms in total. The van der Waals surface area contributed by atoms with Crippen molar-refractivity contribution in [1.82, 2.24) is 19.1 Å². The van der Waals surface area contributed by atoms with Gasteiger partial charge < -0.3 is 9.13 Å². The Balaban J connectivity index is 1.36. The van der Waals surface area contributed by atoms with Crippen LogP contribution in [0.3, 0.4) is 0 Å². The maximum atomic E-state index is 5.12. The SMILES string of the molecule is CCn1c2ccccc2c2cc(-c3cc(-c4ccc5c(c4)c4ccccc4n5CC)nc(-c4ccccc4)n3)ccc21. The second kappa shape index (κ2) is 9.71. The lowest BCUT2D eigenvalue weighted by Crippen LogP contribution is -1.96. The van der Waals surface area contributed by atoms with Crippen LogP contribution in [0, 0.1) is 0 Å². The molecule has 3 aromatic heterocycles. The van der Waals surface area contributed by atoms with Crippen molar-refractivity contribution in [2.45, 2.75) is 26.9 Å². The first kappa shape index (κ1) is 24.6. The zero-order chi connectivity index (χ0) is 28.2. The van der Waals surface area contributed by atoms with Gasteiger partial charge in [0.15, 0.2) is 5.82 Å². The normalized spacial score (nSPS) is 11.8. The van der Waals surface area contributed by atoms with Crippen molar-refractivity contribution < 1.29 is 0 Å². The first-order chi connectivity index (χ1) is 20.7. The molecule has 0 aliphatic heterocycles. The fourth-order valence-electron chi connectivity index (χ4n) is 6.57. The number of hydrogen-bond donors (Lipinski definition) is 0. The Bertz CT molecular complexity index is 2130. The Morgan fingerprint density at radius 2 is 0.881 bits per heavy atom. The minimum absolute atomic E-state index is 0.732. The molecule has 0 atom stereocenters. The molecule has 0 N–H and O–H groups in total. The van der Waals surface area contributed by atoms with Gasteiger partial charge in [0, 0.05) is 73.4 Å². The second-order valence-corrected chi connectivity index (χ2v) is 10.8. The molecule has 202 valence electrons. The van der Waals surface area contributed by atoms with E-state index >= 15 is 0 Å². The summed E-state index contributed by atoms with van der Waals surface area (Å²) in [6.07, 6.45) is 0. The van der Waals surface area contributed by atoms with Gasteiger partial charge in [-0.3, -0.25) is 0 Å². The molecule has 4 heteroatoms. The lowest BCUT2D eigenvalue weighted by Gasteiger charge is -2.10. The van der Waals surface area contributed by atoms with Gasteiger partial charge in [-0.2, -0.15) is 0 Å². The van der Waals surface area contributed by atoms with Crippen LogP contribution in [0.2, 0.25) is 0 Å². The molecule has 0 amide bonds. The molecule has 8 rings (SSSR count). The van der Waals surface area contributed by atoms with E-state index in [0.29, 0.717) is 0 Å². The predicted octanol–water partition coefficient (Wildman–Crippen LogP) is 9.73. The Labute approximate surface area is 244 Å². The van der Waals surface area contributed by atoms with Crippen molar-refractivity contribution in [3.05, 3.63) is 121 Å². The summed E-state index contributed by atoms with van der Waals surface area (Å²) in [6.45, 7) is 6.26. The summed E-state index contributed by atoms with van der Waals surface area (Å²) in [6, 6.07) is 43.2. The fourth-order valence-corrected chi connectivity index (χ4v) is 6.57. The van der Waals surface area contributed by atoms with Crippen LogP contribution in [-0.4, -0.2) is 19.1 Å². The monoisotopic (exact) mass is 542 g/mol. The third-order valence-corrected chi connectivity index (χ3v) is 8.53. The van der Waals surface area contributed by atoms with Crippen LogP contribution in [0.4, 0.5) is 0 Å². The summed E-state index contributed by atoms with van der Waals surface area (Å²) in [5.41, 5.74) is 10.1. The maximum absolute atomic E-state index is 5.12. The molecule has 0 unspecified atom stereocenters. The van der Waals surface area contributed by atoms with Crippen LogP contribution >= 0.6 is 0 Å². The van der Waals surface area contributed by atoms with E-state index < -0.39 is 0 Å². The molecule has 0 aliphatic carbocycles. The molecule has 5 aromatic carbocycles. The summed E-state index contributed by atoms with van der Waals surface area (Å²) in [5.74, 6) is 0.732. The predicted molar refractivity (Wildman–Crippen MR) is 176 cm³/mol. The minimum atomic E-state index is 0.732. The summed E-state index contributed by atoms with van der Waals surface area (Å²) in [5, 5.41) is 5.04. The van der Waals surface area contributed by atoms with E-state index in [9.17, 15) is 0 Å². The summed E-state index contributed by atoms with van der Waals surface area (Å²) < 4.78 is 4.77. The third-order valence-electron chi connectivity index (χ3n) is 8.53. The van der Waals surface area contributed by atoms with Gasteiger partial charge in [-0.15, -0.1) is 0 Å². The van der Waals surface area contributed by atoms with Gasteiger partial charge in [0.1, 0.15) is 0 Å². The summed E-state index contributed by atoms with van der Waals surface area (Å²) in [7, 11) is 0. The minimum Gasteiger partial charge on any atom is -0.341 e. The fraction of sp³-hybridized carbons (Fsp3) is 0.105. The van der Waals surface area contributed by atoms with E-state index in [0.717, 1.165) is 47.0 Å². The molecule has 0 spiro atoms. The number of benzene rings is 5. The molecule has 8 aromatic rings. The van der Waals surface area contributed by atoms with Crippen molar-refractivity contribution in [1.29, 1.82) is 0 Å². The number of hydrogen-bond acceptors (Lipinski definition) is 2. The van der Waals surface area contributed by atoms with Crippen molar-refractivity contribution in [3.8, 4) is 33.9 Å². The zero-order valence-electron chi connectivity index (χ0n) is 23.8. The second-order valence-electron chi connectivity index (χ2n) is 10.8. The first-order valence-corrected chi connectivity index (χ1v) is 14.7. The molecule has 0 fully saturated rings. The van der Waals surface area contributed by atoms with Crippen molar-refractivity contribution in [3.63, 3.8) is 0 Å². The molecule has 0 saturated carbocycles. The van der Waals surface area contributed by atoms with Crippen molar-refractivity contribution in [2.75, 3.05) is 0 Å². The molecule has 0 saturated heterocycles. The Morgan fingerprint density at radius 1 is 0.429 bits per heavy atom. The highest BCUT2D eigenvalue weighted by Crippen LogP contribution is 2.36. The third kappa shape index (κ3) is 3.76. The Hall–Kier alpha value is -5.22. The van der Waals surface area contributed by atoms with Crippen LogP contribution in [0.5, 0.6) is 0 Å². The maximum Gasteiger partial charge on any atom is 0.160 e. The van der Waals surface area contributed by atoms with Gasteiger partial charge in [-0.05, 0) is 56.3 Å². The Morgan fingerprint density at radius 3 is 1.38 bits per heavy atom. The molecule has 3 heterocycles. The van der Waals surface area contributed by atoms with Gasteiger partial charge in [-0.25, -0.2) is 9.97 Å². The summed E-state index contributed by atoms with van der Waals surface area (Å²) in [4.78, 5) is 10.2. The van der Waals surface area contributed by atoms with E-state index in [2.05, 4.69) is 126 Å². The Kier molecular flexibility index (Phi) is 5.68. The average Bonchev–Trinajstić information content (AvgIpc) is 3.56. The number of rotatable bonds is 5. The van der Waals surface area contributed by atoms with E-state index in [1.54, 1.807) is 0 Å². The highest BCUT2D eigenvalue weighted by molar-refractivity contribution is 6.10. The van der Waals surface area contributed by atoms with Gasteiger partial charge in [0.2, 0.25) is 0 Å². The van der Waals surface area contributed by atoms with Crippen LogP contribution < -0.4 is 0 Å². The highest BCUT2D eigenvalue weighted by Gasteiger charge is 2.16. The van der Waals surface area contributed by atoms with Gasteiger partial charge in [0.25, 0.3) is 0 Å². The van der Waals surface area contributed by atoms with Gasteiger partial charge in [0.05, 0.1) is 11.4 Å². The van der Waals surface area contributed by atoms with Gasteiger partial charge >= 0.3 is 0 Å². The molecular formula is C38H30N4. The van der Waals surface area contributed by atoms with Crippen LogP contribution in [0.25, 0.3) is 77.5 Å².